The zero-order chi connectivity index (χ0) is 15.5. The molecule has 0 saturated heterocycles. The lowest BCUT2D eigenvalue weighted by Crippen LogP contribution is -2.16. The van der Waals surface area contributed by atoms with Crippen molar-refractivity contribution in [2.24, 2.45) is 0 Å². The van der Waals surface area contributed by atoms with E-state index in [2.05, 4.69) is 8.37 Å². The summed E-state index contributed by atoms with van der Waals surface area (Å²) in [5.74, 6) is -0.145. The van der Waals surface area contributed by atoms with Crippen LogP contribution in [-0.2, 0) is 38.1 Å². The molecule has 0 aromatic heterocycles. The van der Waals surface area contributed by atoms with Crippen molar-refractivity contribution in [3.8, 4) is 0 Å². The van der Waals surface area contributed by atoms with Gasteiger partial charge in [-0.15, -0.1) is 0 Å². The van der Waals surface area contributed by atoms with Crippen LogP contribution < -0.4 is 0 Å². The molecule has 0 spiro atoms. The molecule has 0 aliphatic carbocycles. The Hall–Kier alpha value is -0.260. The summed E-state index contributed by atoms with van der Waals surface area (Å²) >= 11 is 0. The normalized spacial score (nSPS) is 12.7. The first kappa shape index (κ1) is 19.7. The first-order chi connectivity index (χ1) is 9.33. The molecule has 0 unspecified atom stereocenters. The fourth-order valence-corrected chi connectivity index (χ4v) is 1.91. The maximum absolute atomic E-state index is 10.9. The Balaban J connectivity index is 3.34. The van der Waals surface area contributed by atoms with Crippen LogP contribution in [0.5, 0.6) is 0 Å². The minimum atomic E-state index is -3.43. The minimum absolute atomic E-state index is 0.0337. The molecule has 0 aromatic carbocycles. The van der Waals surface area contributed by atoms with Gasteiger partial charge in [-0.1, -0.05) is 0 Å². The van der Waals surface area contributed by atoms with Crippen molar-refractivity contribution >= 4 is 20.2 Å². The van der Waals surface area contributed by atoms with Crippen molar-refractivity contribution in [1.82, 2.24) is 0 Å². The lowest BCUT2D eigenvalue weighted by Gasteiger charge is -2.06. The molecule has 0 heterocycles. The quantitative estimate of drug-likeness (QED) is 0.335. The number of ether oxygens (including phenoxy) is 2. The Morgan fingerprint density at radius 1 is 0.600 bits per heavy atom. The van der Waals surface area contributed by atoms with Crippen LogP contribution in [0, 0.1) is 0 Å². The average molecular weight is 334 g/mol. The predicted molar refractivity (Wildman–Crippen MR) is 72.5 cm³/mol. The zero-order valence-corrected chi connectivity index (χ0v) is 13.4. The van der Waals surface area contributed by atoms with Crippen molar-refractivity contribution < 1.29 is 34.7 Å². The molecule has 0 bridgehead atoms. The van der Waals surface area contributed by atoms with Crippen molar-refractivity contribution in [3.63, 3.8) is 0 Å². The first-order valence-corrected chi connectivity index (χ1v) is 9.38. The molecule has 0 aliphatic rings. The van der Waals surface area contributed by atoms with E-state index in [4.69, 9.17) is 9.47 Å². The Morgan fingerprint density at radius 3 is 1.20 bits per heavy atom. The molecule has 0 atom stereocenters. The summed E-state index contributed by atoms with van der Waals surface area (Å²) in [5, 5.41) is 0. The predicted octanol–water partition coefficient (Wildman–Crippen LogP) is -0.248. The average Bonchev–Trinajstić information content (AvgIpc) is 2.41. The maximum atomic E-state index is 10.9. The summed E-state index contributed by atoms with van der Waals surface area (Å²) in [7, 11) is -6.85. The van der Waals surface area contributed by atoms with E-state index >= 15 is 0 Å². The van der Waals surface area contributed by atoms with Gasteiger partial charge < -0.3 is 9.47 Å². The molecular formula is C10H22O8S2. The molecule has 0 saturated carbocycles. The van der Waals surface area contributed by atoms with Crippen molar-refractivity contribution in [2.75, 3.05) is 51.1 Å². The molecule has 0 fully saturated rings. The van der Waals surface area contributed by atoms with E-state index in [0.29, 0.717) is 0 Å². The molecule has 122 valence electrons. The van der Waals surface area contributed by atoms with E-state index in [1.807, 2.05) is 0 Å². The number of rotatable bonds is 13. The summed E-state index contributed by atoms with van der Waals surface area (Å²) in [5.41, 5.74) is 0. The summed E-state index contributed by atoms with van der Waals surface area (Å²) in [6.45, 7) is 3.72. The van der Waals surface area contributed by atoms with Crippen molar-refractivity contribution in [1.29, 1.82) is 0 Å². The summed E-state index contributed by atoms with van der Waals surface area (Å²) < 4.78 is 63.1. The molecule has 0 N–H and O–H groups in total. The third-order valence-corrected chi connectivity index (χ3v) is 4.53. The van der Waals surface area contributed by atoms with Gasteiger partial charge in [0.05, 0.1) is 51.1 Å². The second kappa shape index (κ2) is 10.5. The standard InChI is InChI=1S/C10H22O8S2/c1-3-19(11,12)17-9-7-15-5-6-16-8-10-18-20(13,14)4-2/h3-10H2,1-2H3. The van der Waals surface area contributed by atoms with Crippen LogP contribution in [0.1, 0.15) is 13.8 Å². The number of hydrogen-bond acceptors (Lipinski definition) is 8. The SMILES string of the molecule is CCS(=O)(=O)OCCOCCOCCOS(=O)(=O)CC. The topological polar surface area (TPSA) is 105 Å². The lowest BCUT2D eigenvalue weighted by molar-refractivity contribution is 0.0286. The molecule has 8 nitrogen and oxygen atoms in total. The van der Waals surface area contributed by atoms with E-state index in [0.717, 1.165) is 0 Å². The van der Waals surface area contributed by atoms with Crippen LogP contribution in [0.2, 0.25) is 0 Å². The summed E-state index contributed by atoms with van der Waals surface area (Å²) in [6.07, 6.45) is 0. The molecule has 10 heteroatoms. The molecule has 0 aromatic rings. The van der Waals surface area contributed by atoms with Gasteiger partial charge in [-0.25, -0.2) is 0 Å². The Bertz CT molecular complexity index is 386. The minimum Gasteiger partial charge on any atom is -0.377 e. The molecule has 0 amide bonds. The van der Waals surface area contributed by atoms with E-state index in [9.17, 15) is 16.8 Å². The third kappa shape index (κ3) is 11.6. The van der Waals surface area contributed by atoms with Crippen LogP contribution in [0.25, 0.3) is 0 Å². The van der Waals surface area contributed by atoms with Gasteiger partial charge >= 0.3 is 0 Å². The first-order valence-electron chi connectivity index (χ1n) is 6.22. The molecular weight excluding hydrogens is 312 g/mol. The summed E-state index contributed by atoms with van der Waals surface area (Å²) in [4.78, 5) is 0. The summed E-state index contributed by atoms with van der Waals surface area (Å²) in [6, 6.07) is 0. The van der Waals surface area contributed by atoms with Crippen LogP contribution in [-0.4, -0.2) is 68.0 Å². The van der Waals surface area contributed by atoms with Gasteiger partial charge in [0.25, 0.3) is 20.2 Å². The van der Waals surface area contributed by atoms with Gasteiger partial charge in [0.15, 0.2) is 0 Å². The largest absolute Gasteiger partial charge is 0.377 e. The monoisotopic (exact) mass is 334 g/mol. The highest BCUT2D eigenvalue weighted by atomic mass is 32.2. The lowest BCUT2D eigenvalue weighted by atomic mass is 10.7. The van der Waals surface area contributed by atoms with Crippen LogP contribution in [0.15, 0.2) is 0 Å². The Morgan fingerprint density at radius 2 is 0.900 bits per heavy atom. The zero-order valence-electron chi connectivity index (χ0n) is 11.7. The third-order valence-electron chi connectivity index (χ3n) is 2.06. The highest BCUT2D eigenvalue weighted by Crippen LogP contribution is 1.93. The molecule has 0 radical (unpaired) electrons. The van der Waals surface area contributed by atoms with Gasteiger partial charge in [0.1, 0.15) is 0 Å². The van der Waals surface area contributed by atoms with Gasteiger partial charge in [0.2, 0.25) is 0 Å². The molecule has 0 rings (SSSR count). The van der Waals surface area contributed by atoms with E-state index < -0.39 is 20.2 Å². The van der Waals surface area contributed by atoms with Crippen molar-refractivity contribution in [3.05, 3.63) is 0 Å². The van der Waals surface area contributed by atoms with Crippen molar-refractivity contribution in [2.45, 2.75) is 13.8 Å². The van der Waals surface area contributed by atoms with Gasteiger partial charge in [-0.3, -0.25) is 8.37 Å². The molecule has 0 aliphatic heterocycles. The van der Waals surface area contributed by atoms with Crippen LogP contribution in [0.4, 0.5) is 0 Å². The maximum Gasteiger partial charge on any atom is 0.267 e. The van der Waals surface area contributed by atoms with Crippen LogP contribution in [0.3, 0.4) is 0 Å². The van der Waals surface area contributed by atoms with Gasteiger partial charge in [-0.05, 0) is 13.8 Å². The van der Waals surface area contributed by atoms with E-state index in [-0.39, 0.29) is 51.1 Å². The highest BCUT2D eigenvalue weighted by molar-refractivity contribution is 7.86. The highest BCUT2D eigenvalue weighted by Gasteiger charge is 2.07. The fraction of sp³-hybridized carbons (Fsp3) is 1.00. The van der Waals surface area contributed by atoms with E-state index in [1.165, 1.54) is 13.8 Å². The van der Waals surface area contributed by atoms with Crippen LogP contribution >= 0.6 is 0 Å². The second-order valence-corrected chi connectivity index (χ2v) is 7.42. The fourth-order valence-electron chi connectivity index (χ4n) is 0.928. The van der Waals surface area contributed by atoms with Gasteiger partial charge in [0, 0.05) is 0 Å². The number of hydrogen-bond donors (Lipinski definition) is 0. The Kier molecular flexibility index (Phi) is 10.3. The smallest absolute Gasteiger partial charge is 0.267 e. The van der Waals surface area contributed by atoms with E-state index in [1.54, 1.807) is 0 Å². The molecule has 20 heavy (non-hydrogen) atoms. The Labute approximate surface area is 120 Å². The van der Waals surface area contributed by atoms with Gasteiger partial charge in [-0.2, -0.15) is 16.8 Å². The second-order valence-electron chi connectivity index (χ2n) is 3.56.